The van der Waals surface area contributed by atoms with Crippen LogP contribution in [0.1, 0.15) is 17.2 Å². The summed E-state index contributed by atoms with van der Waals surface area (Å²) in [6, 6.07) is 8.40. The number of aromatic nitrogens is 3. The molecule has 0 aliphatic carbocycles. The van der Waals surface area contributed by atoms with Crippen molar-refractivity contribution in [2.75, 3.05) is 5.33 Å². The largest absolute Gasteiger partial charge is 0.255 e. The van der Waals surface area contributed by atoms with Crippen molar-refractivity contribution < 1.29 is 0 Å². The van der Waals surface area contributed by atoms with E-state index in [0.717, 1.165) is 21.9 Å². The van der Waals surface area contributed by atoms with E-state index in [4.69, 9.17) is 0 Å². The molecule has 0 saturated heterocycles. The van der Waals surface area contributed by atoms with Gasteiger partial charge in [0, 0.05) is 29.5 Å². The van der Waals surface area contributed by atoms with Gasteiger partial charge in [-0.15, -0.1) is 5.10 Å². The molecule has 1 atom stereocenters. The van der Waals surface area contributed by atoms with Crippen LogP contribution >= 0.6 is 31.9 Å². The third-order valence-electron chi connectivity index (χ3n) is 2.61. The maximum atomic E-state index is 4.13. The van der Waals surface area contributed by atoms with Crippen molar-refractivity contribution in [1.29, 1.82) is 0 Å². The molecule has 90 valence electrons. The van der Waals surface area contributed by atoms with Gasteiger partial charge in [-0.3, -0.25) is 4.68 Å². The monoisotopic (exact) mass is 357 g/mol. The van der Waals surface area contributed by atoms with Crippen molar-refractivity contribution in [2.45, 2.75) is 12.3 Å². The van der Waals surface area contributed by atoms with Crippen molar-refractivity contribution in [3.63, 3.8) is 0 Å². The van der Waals surface area contributed by atoms with Crippen LogP contribution in [0.3, 0.4) is 0 Å². The third-order valence-corrected chi connectivity index (χ3v) is 3.89. The van der Waals surface area contributed by atoms with Gasteiger partial charge in [-0.1, -0.05) is 49.2 Å². The third kappa shape index (κ3) is 3.39. The summed E-state index contributed by atoms with van der Waals surface area (Å²) in [5.41, 5.74) is 2.33. The summed E-state index contributed by atoms with van der Waals surface area (Å²) in [4.78, 5) is 0. The zero-order chi connectivity index (χ0) is 12.3. The molecule has 17 heavy (non-hydrogen) atoms. The van der Waals surface area contributed by atoms with Gasteiger partial charge in [-0.05, 0) is 23.6 Å². The van der Waals surface area contributed by atoms with E-state index < -0.39 is 0 Å². The molecular formula is C12H13Br2N3. The molecule has 0 N–H and O–H groups in total. The van der Waals surface area contributed by atoms with Gasteiger partial charge < -0.3 is 0 Å². The number of hydrogen-bond acceptors (Lipinski definition) is 2. The van der Waals surface area contributed by atoms with Gasteiger partial charge >= 0.3 is 0 Å². The second-order valence-corrected chi connectivity index (χ2v) is 5.56. The second-order valence-electron chi connectivity index (χ2n) is 3.99. The van der Waals surface area contributed by atoms with Gasteiger partial charge in [0.15, 0.2) is 0 Å². The lowest BCUT2D eigenvalue weighted by atomic mass is 9.97. The van der Waals surface area contributed by atoms with Crippen LogP contribution in [0.5, 0.6) is 0 Å². The molecule has 0 fully saturated rings. The van der Waals surface area contributed by atoms with E-state index >= 15 is 0 Å². The minimum absolute atomic E-state index is 0.421. The summed E-state index contributed by atoms with van der Waals surface area (Å²) >= 11 is 7.07. The van der Waals surface area contributed by atoms with Crippen molar-refractivity contribution in [3.05, 3.63) is 46.2 Å². The summed E-state index contributed by atoms with van der Waals surface area (Å²) in [6.07, 6.45) is 2.86. The Bertz CT molecular complexity index is 496. The number of aryl methyl sites for hydroxylation is 1. The first-order chi connectivity index (χ1) is 8.19. The summed E-state index contributed by atoms with van der Waals surface area (Å²) < 4.78 is 2.85. The van der Waals surface area contributed by atoms with Gasteiger partial charge in [0.1, 0.15) is 0 Å². The van der Waals surface area contributed by atoms with Crippen LogP contribution in [0.2, 0.25) is 0 Å². The molecular weight excluding hydrogens is 346 g/mol. The van der Waals surface area contributed by atoms with Crippen LogP contribution in [0, 0.1) is 0 Å². The molecule has 0 bridgehead atoms. The van der Waals surface area contributed by atoms with E-state index in [2.05, 4.69) is 60.4 Å². The number of alkyl halides is 1. The normalized spacial score (nSPS) is 12.6. The molecule has 1 aromatic heterocycles. The highest BCUT2D eigenvalue weighted by Gasteiger charge is 2.13. The highest BCUT2D eigenvalue weighted by molar-refractivity contribution is 9.10. The first-order valence-electron chi connectivity index (χ1n) is 5.35. The Morgan fingerprint density at radius 2 is 2.24 bits per heavy atom. The standard InChI is InChI=1S/C12H13Br2N3/c1-17-8-12(15-16-17)6-10(7-13)9-3-2-4-11(14)5-9/h2-5,8,10H,6-7H2,1H3. The lowest BCUT2D eigenvalue weighted by molar-refractivity contribution is 0.708. The fraction of sp³-hybridized carbons (Fsp3) is 0.333. The van der Waals surface area contributed by atoms with Gasteiger partial charge in [-0.25, -0.2) is 0 Å². The van der Waals surface area contributed by atoms with Crippen LogP contribution in [0.15, 0.2) is 34.9 Å². The molecule has 0 amide bonds. The maximum absolute atomic E-state index is 4.13. The molecule has 0 spiro atoms. The quantitative estimate of drug-likeness (QED) is 0.785. The first-order valence-corrected chi connectivity index (χ1v) is 7.27. The predicted molar refractivity (Wildman–Crippen MR) is 75.4 cm³/mol. The summed E-state index contributed by atoms with van der Waals surface area (Å²) in [5, 5.41) is 9.01. The lowest BCUT2D eigenvalue weighted by Gasteiger charge is -2.13. The van der Waals surface area contributed by atoms with E-state index in [-0.39, 0.29) is 0 Å². The first kappa shape index (κ1) is 12.8. The highest BCUT2D eigenvalue weighted by Crippen LogP contribution is 2.24. The van der Waals surface area contributed by atoms with E-state index in [1.54, 1.807) is 4.68 Å². The number of benzene rings is 1. The van der Waals surface area contributed by atoms with Crippen LogP contribution in [-0.4, -0.2) is 20.3 Å². The van der Waals surface area contributed by atoms with Crippen molar-refractivity contribution >= 4 is 31.9 Å². The minimum atomic E-state index is 0.421. The molecule has 0 aliphatic rings. The lowest BCUT2D eigenvalue weighted by Crippen LogP contribution is -2.04. The van der Waals surface area contributed by atoms with Crippen LogP contribution in [0.25, 0.3) is 0 Å². The SMILES string of the molecule is Cn1cc(CC(CBr)c2cccc(Br)c2)nn1. The number of halogens is 2. The molecule has 0 radical (unpaired) electrons. The van der Waals surface area contributed by atoms with Crippen LogP contribution < -0.4 is 0 Å². The molecule has 0 aliphatic heterocycles. The molecule has 1 unspecified atom stereocenters. The van der Waals surface area contributed by atoms with Gasteiger partial charge in [-0.2, -0.15) is 0 Å². The Balaban J connectivity index is 2.16. The van der Waals surface area contributed by atoms with Gasteiger partial charge in [0.25, 0.3) is 0 Å². The Labute approximate surface area is 117 Å². The second kappa shape index (κ2) is 5.78. The molecule has 2 aromatic rings. The zero-order valence-electron chi connectivity index (χ0n) is 9.48. The van der Waals surface area contributed by atoms with E-state index in [1.165, 1.54) is 5.56 Å². The average molecular weight is 359 g/mol. The van der Waals surface area contributed by atoms with E-state index in [0.29, 0.717) is 5.92 Å². The maximum Gasteiger partial charge on any atom is 0.0833 e. The molecule has 1 heterocycles. The fourth-order valence-electron chi connectivity index (χ4n) is 1.76. The summed E-state index contributed by atoms with van der Waals surface area (Å²) in [5.74, 6) is 0.421. The predicted octanol–water partition coefficient (Wildman–Crippen LogP) is 3.30. The Hall–Kier alpha value is -0.680. The van der Waals surface area contributed by atoms with Crippen LogP contribution in [0.4, 0.5) is 0 Å². The smallest absolute Gasteiger partial charge is 0.0833 e. The topological polar surface area (TPSA) is 30.7 Å². The zero-order valence-corrected chi connectivity index (χ0v) is 12.6. The van der Waals surface area contributed by atoms with Gasteiger partial charge in [0.2, 0.25) is 0 Å². The van der Waals surface area contributed by atoms with Crippen molar-refractivity contribution in [2.24, 2.45) is 7.05 Å². The Kier molecular flexibility index (Phi) is 4.34. The molecule has 3 nitrogen and oxygen atoms in total. The van der Waals surface area contributed by atoms with Gasteiger partial charge in [0.05, 0.1) is 5.69 Å². The molecule has 0 saturated carbocycles. The Morgan fingerprint density at radius 1 is 1.41 bits per heavy atom. The van der Waals surface area contributed by atoms with E-state index in [9.17, 15) is 0 Å². The minimum Gasteiger partial charge on any atom is -0.255 e. The molecule has 1 aromatic carbocycles. The fourth-order valence-corrected chi connectivity index (χ4v) is 2.78. The summed E-state index contributed by atoms with van der Waals surface area (Å²) in [7, 11) is 1.89. The average Bonchev–Trinajstić information content (AvgIpc) is 2.72. The molecule has 2 rings (SSSR count). The number of nitrogens with zero attached hydrogens (tertiary/aromatic N) is 3. The van der Waals surface area contributed by atoms with Crippen molar-refractivity contribution in [1.82, 2.24) is 15.0 Å². The number of rotatable bonds is 4. The Morgan fingerprint density at radius 3 is 2.82 bits per heavy atom. The van der Waals surface area contributed by atoms with Crippen LogP contribution in [-0.2, 0) is 13.5 Å². The highest BCUT2D eigenvalue weighted by atomic mass is 79.9. The van der Waals surface area contributed by atoms with E-state index in [1.807, 2.05) is 19.3 Å². The molecule has 5 heteroatoms. The van der Waals surface area contributed by atoms with Crippen molar-refractivity contribution in [3.8, 4) is 0 Å². The summed E-state index contributed by atoms with van der Waals surface area (Å²) in [6.45, 7) is 0. The number of hydrogen-bond donors (Lipinski definition) is 0.